The fourth-order valence-electron chi connectivity index (χ4n) is 2.89. The molecule has 0 aliphatic heterocycles. The fourth-order valence-corrected chi connectivity index (χ4v) is 2.89. The Balaban J connectivity index is 1.63. The lowest BCUT2D eigenvalue weighted by Gasteiger charge is -2.08. The number of rotatable bonds is 7. The Bertz CT molecular complexity index is 1000. The van der Waals surface area contributed by atoms with Gasteiger partial charge in [-0.3, -0.25) is 24.3 Å². The monoisotopic (exact) mass is 382 g/mol. The van der Waals surface area contributed by atoms with Crippen LogP contribution in [-0.4, -0.2) is 30.4 Å². The molecule has 0 spiro atoms. The summed E-state index contributed by atoms with van der Waals surface area (Å²) in [5.41, 5.74) is 4.56. The van der Waals surface area contributed by atoms with Gasteiger partial charge >= 0.3 is 5.69 Å². The molecule has 1 aromatic carbocycles. The van der Waals surface area contributed by atoms with E-state index in [2.05, 4.69) is 39.8 Å². The van der Waals surface area contributed by atoms with Crippen LogP contribution in [0.4, 0.5) is 11.4 Å². The molecule has 0 radical (unpaired) electrons. The molecule has 0 aliphatic rings. The molecule has 0 fully saturated rings. The summed E-state index contributed by atoms with van der Waals surface area (Å²) in [5, 5.41) is 22.0. The molecule has 1 amide bonds. The minimum Gasteiger partial charge on any atom is -0.323 e. The van der Waals surface area contributed by atoms with E-state index in [0.717, 1.165) is 17.0 Å². The Morgan fingerprint density at radius 3 is 2.57 bits per heavy atom. The Morgan fingerprint density at radius 2 is 1.93 bits per heavy atom. The maximum absolute atomic E-state index is 12.3. The van der Waals surface area contributed by atoms with E-state index < -0.39 is 4.92 Å². The number of carbonyl (C=O) groups is 1. The molecule has 0 unspecified atom stereocenters. The zero-order valence-electron chi connectivity index (χ0n) is 16.0. The van der Waals surface area contributed by atoms with Crippen molar-refractivity contribution in [2.75, 3.05) is 5.32 Å². The van der Waals surface area contributed by atoms with E-state index in [1.165, 1.54) is 22.6 Å². The number of nitrogens with one attached hydrogen (secondary N) is 1. The number of aryl methyl sites for hydroxylation is 3. The third-order valence-corrected chi connectivity index (χ3v) is 4.50. The predicted molar refractivity (Wildman–Crippen MR) is 104 cm³/mol. The number of amides is 1. The third kappa shape index (κ3) is 4.43. The summed E-state index contributed by atoms with van der Waals surface area (Å²) in [7, 11) is 0. The summed E-state index contributed by atoms with van der Waals surface area (Å²) in [6.07, 6.45) is 2.63. The highest BCUT2D eigenvalue weighted by Gasteiger charge is 2.15. The molecule has 146 valence electrons. The van der Waals surface area contributed by atoms with Crippen molar-refractivity contribution in [2.45, 2.75) is 40.3 Å². The van der Waals surface area contributed by atoms with Crippen molar-refractivity contribution >= 4 is 17.3 Å². The van der Waals surface area contributed by atoms with Crippen molar-refractivity contribution in [1.82, 2.24) is 19.6 Å². The number of aromatic nitrogens is 4. The molecule has 0 saturated carbocycles. The number of nitrogens with zero attached hydrogens (tertiary/aromatic N) is 5. The Labute approximate surface area is 162 Å². The summed E-state index contributed by atoms with van der Waals surface area (Å²) in [4.78, 5) is 22.5. The molecule has 0 saturated heterocycles. The lowest BCUT2D eigenvalue weighted by atomic mass is 10.1. The van der Waals surface area contributed by atoms with E-state index in [-0.39, 0.29) is 24.6 Å². The molecule has 0 bridgehead atoms. The van der Waals surface area contributed by atoms with Crippen molar-refractivity contribution in [1.29, 1.82) is 0 Å². The largest absolute Gasteiger partial charge is 0.323 e. The number of benzene rings is 1. The lowest BCUT2D eigenvalue weighted by molar-refractivity contribution is -0.385. The molecule has 9 nitrogen and oxygen atoms in total. The number of anilines is 1. The molecule has 28 heavy (non-hydrogen) atoms. The van der Waals surface area contributed by atoms with Crippen LogP contribution in [0.1, 0.15) is 28.9 Å². The molecule has 0 atom stereocenters. The van der Waals surface area contributed by atoms with Gasteiger partial charge in [-0.15, -0.1) is 0 Å². The van der Waals surface area contributed by atoms with Crippen LogP contribution in [-0.2, 0) is 17.9 Å². The summed E-state index contributed by atoms with van der Waals surface area (Å²) >= 11 is 0. The maximum atomic E-state index is 12.3. The molecule has 2 aromatic heterocycles. The fraction of sp³-hybridized carbons (Fsp3) is 0.316. The van der Waals surface area contributed by atoms with Gasteiger partial charge in [0.25, 0.3) is 0 Å². The maximum Gasteiger partial charge on any atom is 0.306 e. The minimum absolute atomic E-state index is 0.0931. The topological polar surface area (TPSA) is 108 Å². The average molecular weight is 382 g/mol. The summed E-state index contributed by atoms with van der Waals surface area (Å²) in [6, 6.07) is 8.24. The first kappa shape index (κ1) is 19.3. The standard InChI is InChI=1S/C19H22N6O3/c1-13-4-6-16(7-5-13)11-24-15(3)19(14(2)22-24)21-18(26)8-9-23-12-17(10-20-23)25(27)28/h4-7,10,12H,8-9,11H2,1-3H3,(H,21,26). The Hall–Kier alpha value is -3.49. The van der Waals surface area contributed by atoms with Crippen LogP contribution < -0.4 is 5.32 Å². The highest BCUT2D eigenvalue weighted by atomic mass is 16.6. The predicted octanol–water partition coefficient (Wildman–Crippen LogP) is 2.99. The van der Waals surface area contributed by atoms with E-state index >= 15 is 0 Å². The van der Waals surface area contributed by atoms with Crippen molar-refractivity contribution < 1.29 is 9.72 Å². The summed E-state index contributed by atoms with van der Waals surface area (Å²) in [6.45, 7) is 6.70. The van der Waals surface area contributed by atoms with E-state index in [9.17, 15) is 14.9 Å². The van der Waals surface area contributed by atoms with Gasteiger partial charge < -0.3 is 5.32 Å². The van der Waals surface area contributed by atoms with Gasteiger partial charge in [-0.1, -0.05) is 29.8 Å². The molecule has 1 N–H and O–H groups in total. The van der Waals surface area contributed by atoms with Crippen molar-refractivity contribution in [3.05, 3.63) is 69.3 Å². The van der Waals surface area contributed by atoms with Gasteiger partial charge in [0.05, 0.1) is 28.5 Å². The smallest absolute Gasteiger partial charge is 0.306 e. The van der Waals surface area contributed by atoms with Gasteiger partial charge in [0.1, 0.15) is 12.4 Å². The second kappa shape index (κ2) is 8.03. The highest BCUT2D eigenvalue weighted by molar-refractivity contribution is 5.91. The molecule has 3 aromatic rings. The van der Waals surface area contributed by atoms with Gasteiger partial charge in [-0.05, 0) is 26.3 Å². The van der Waals surface area contributed by atoms with Crippen LogP contribution in [0.3, 0.4) is 0 Å². The molecular weight excluding hydrogens is 360 g/mol. The van der Waals surface area contributed by atoms with Gasteiger partial charge in [-0.25, -0.2) is 0 Å². The summed E-state index contributed by atoms with van der Waals surface area (Å²) < 4.78 is 3.25. The van der Waals surface area contributed by atoms with Crippen LogP contribution in [0, 0.1) is 30.9 Å². The van der Waals surface area contributed by atoms with Crippen molar-refractivity contribution in [2.24, 2.45) is 0 Å². The van der Waals surface area contributed by atoms with Gasteiger partial charge in [0, 0.05) is 13.0 Å². The van der Waals surface area contributed by atoms with Crippen LogP contribution in [0.5, 0.6) is 0 Å². The van der Waals surface area contributed by atoms with Crippen LogP contribution in [0.2, 0.25) is 0 Å². The van der Waals surface area contributed by atoms with Crippen LogP contribution >= 0.6 is 0 Å². The second-order valence-electron chi connectivity index (χ2n) is 6.71. The number of hydrogen-bond acceptors (Lipinski definition) is 5. The molecular formula is C19H22N6O3. The van der Waals surface area contributed by atoms with Gasteiger partial charge in [-0.2, -0.15) is 10.2 Å². The first-order chi connectivity index (χ1) is 13.3. The zero-order chi connectivity index (χ0) is 20.3. The molecule has 2 heterocycles. The van der Waals surface area contributed by atoms with Crippen molar-refractivity contribution in [3.8, 4) is 0 Å². The quantitative estimate of drug-likeness (QED) is 0.499. The first-order valence-corrected chi connectivity index (χ1v) is 8.89. The first-order valence-electron chi connectivity index (χ1n) is 8.89. The molecule has 9 heteroatoms. The number of nitro groups is 1. The average Bonchev–Trinajstić information content (AvgIpc) is 3.23. The SMILES string of the molecule is Cc1ccc(Cn2nc(C)c(NC(=O)CCn3cc([N+](=O)[O-])cn3)c2C)cc1. The lowest BCUT2D eigenvalue weighted by Crippen LogP contribution is -2.15. The zero-order valence-corrected chi connectivity index (χ0v) is 16.0. The van der Waals surface area contributed by atoms with E-state index in [1.54, 1.807) is 0 Å². The second-order valence-corrected chi connectivity index (χ2v) is 6.71. The number of carbonyl (C=O) groups excluding carboxylic acids is 1. The Morgan fingerprint density at radius 1 is 1.21 bits per heavy atom. The van der Waals surface area contributed by atoms with Gasteiger partial charge in [0.15, 0.2) is 0 Å². The van der Waals surface area contributed by atoms with Gasteiger partial charge in [0.2, 0.25) is 5.91 Å². The van der Waals surface area contributed by atoms with E-state index in [1.807, 2.05) is 25.5 Å². The molecule has 3 rings (SSSR count). The van der Waals surface area contributed by atoms with E-state index in [0.29, 0.717) is 12.2 Å². The third-order valence-electron chi connectivity index (χ3n) is 4.50. The summed E-state index contributed by atoms with van der Waals surface area (Å²) in [5.74, 6) is -0.195. The van der Waals surface area contributed by atoms with Crippen molar-refractivity contribution in [3.63, 3.8) is 0 Å². The van der Waals surface area contributed by atoms with E-state index in [4.69, 9.17) is 0 Å². The Kier molecular flexibility index (Phi) is 5.53. The highest BCUT2D eigenvalue weighted by Crippen LogP contribution is 2.21. The number of hydrogen-bond donors (Lipinski definition) is 1. The van der Waals surface area contributed by atoms with Crippen LogP contribution in [0.15, 0.2) is 36.7 Å². The normalized spacial score (nSPS) is 10.8. The molecule has 0 aliphatic carbocycles. The van der Waals surface area contributed by atoms with Crippen LogP contribution in [0.25, 0.3) is 0 Å². The minimum atomic E-state index is -0.515.